The van der Waals surface area contributed by atoms with Crippen molar-refractivity contribution in [3.63, 3.8) is 0 Å². The number of amides is 2. The maximum Gasteiger partial charge on any atom is 0.328 e. The van der Waals surface area contributed by atoms with Gasteiger partial charge in [0.1, 0.15) is 29.5 Å². The van der Waals surface area contributed by atoms with Crippen LogP contribution in [0.2, 0.25) is 10.0 Å². The third-order valence-corrected chi connectivity index (χ3v) is 16.7. The Balaban J connectivity index is 0.000000198. The van der Waals surface area contributed by atoms with Crippen LogP contribution in [-0.4, -0.2) is 79.8 Å². The molecule has 4 atom stereocenters. The summed E-state index contributed by atoms with van der Waals surface area (Å²) < 4.78 is 41.6. The number of carbonyl (C=O) groups excluding carboxylic acids is 4. The number of aromatic hydroxyl groups is 1. The lowest BCUT2D eigenvalue weighted by atomic mass is 9.89. The Morgan fingerprint density at radius 2 is 1.22 bits per heavy atom. The van der Waals surface area contributed by atoms with Gasteiger partial charge in [-0.3, -0.25) is 14.3 Å². The molecule has 4 N–H and O–H groups in total. The number of aliphatic hydroxyl groups is 1. The number of esters is 2. The zero-order valence-electron chi connectivity index (χ0n) is 46.3. The monoisotopic (exact) mass is 1160 g/mol. The molecule has 0 aliphatic heterocycles. The van der Waals surface area contributed by atoms with Crippen molar-refractivity contribution in [2.45, 2.75) is 152 Å². The van der Waals surface area contributed by atoms with Crippen LogP contribution >= 0.6 is 23.2 Å². The lowest BCUT2D eigenvalue weighted by Crippen LogP contribution is -2.43. The number of hydrogen-bond acceptors (Lipinski definition) is 10. The number of phenolic OH excluding ortho intramolecular Hbond substituents is 1. The molecule has 14 nitrogen and oxygen atoms in total. The van der Waals surface area contributed by atoms with Crippen molar-refractivity contribution < 1.29 is 47.6 Å². The first-order chi connectivity index (χ1) is 39.7. The highest BCUT2D eigenvalue weighted by Crippen LogP contribution is 2.41. The number of aliphatic hydroxyl groups excluding tert-OH is 1. The maximum absolute atomic E-state index is 14.1. The topological polar surface area (TPSA) is 187 Å². The summed E-state index contributed by atoms with van der Waals surface area (Å²) in [5, 5.41) is 35.7. The average Bonchev–Trinajstić information content (AvgIpc) is 4.14. The molecule has 0 bridgehead atoms. The van der Waals surface area contributed by atoms with Crippen LogP contribution in [0.1, 0.15) is 168 Å². The van der Waals surface area contributed by atoms with Gasteiger partial charge in [0.25, 0.3) is 11.8 Å². The van der Waals surface area contributed by atoms with E-state index in [1.807, 2.05) is 12.1 Å². The van der Waals surface area contributed by atoms with Crippen LogP contribution in [0, 0.1) is 11.6 Å². The Bertz CT molecular complexity index is 3320. The van der Waals surface area contributed by atoms with Gasteiger partial charge in [-0.2, -0.15) is 10.2 Å². The van der Waals surface area contributed by atoms with Crippen LogP contribution in [-0.2, 0) is 51.2 Å². The lowest BCUT2D eigenvalue weighted by molar-refractivity contribution is -0.143. The number of fused-ring (bicyclic) bond motifs is 2. The summed E-state index contributed by atoms with van der Waals surface area (Å²) in [6, 6.07) is 23.2. The summed E-state index contributed by atoms with van der Waals surface area (Å²) in [5.41, 5.74) is 8.54. The number of halogens is 4. The molecule has 0 saturated heterocycles. The van der Waals surface area contributed by atoms with Crippen LogP contribution in [0.25, 0.3) is 5.69 Å². The molecule has 82 heavy (non-hydrogen) atoms. The zero-order valence-corrected chi connectivity index (χ0v) is 47.8. The Morgan fingerprint density at radius 3 is 1.84 bits per heavy atom. The van der Waals surface area contributed by atoms with Crippen LogP contribution in [0.5, 0.6) is 5.75 Å². The number of ether oxygens (including phenoxy) is 2. The Kier molecular flexibility index (Phi) is 20.0. The van der Waals surface area contributed by atoms with Gasteiger partial charge < -0.3 is 30.3 Å². The first kappa shape index (κ1) is 59.3. The van der Waals surface area contributed by atoms with Crippen molar-refractivity contribution in [3.05, 3.63) is 187 Å². The molecular weight excluding hydrogens is 1090 g/mol. The van der Waals surface area contributed by atoms with Gasteiger partial charge in [0, 0.05) is 46.5 Å². The molecule has 432 valence electrons. The number of aromatic nitrogens is 4. The number of carbonyl (C=O) groups is 4. The van der Waals surface area contributed by atoms with Crippen LogP contribution in [0.15, 0.2) is 114 Å². The minimum absolute atomic E-state index is 0.0258. The van der Waals surface area contributed by atoms with Gasteiger partial charge in [-0.15, -0.1) is 0 Å². The molecule has 6 aromatic rings. The molecule has 0 spiro atoms. The maximum atomic E-state index is 14.1. The molecule has 10 rings (SSSR count). The Morgan fingerprint density at radius 1 is 0.622 bits per heavy atom. The van der Waals surface area contributed by atoms with Crippen molar-refractivity contribution in [1.29, 1.82) is 0 Å². The SMILES string of the molecule is COC(=O)[C@@H](CC1=CC=C(O)CC1)NC(=O)c1nn(C2CCCCC2)c2c1CCCCC2Cc1cccc(F)c1.COC(=O)[C@@H](Cc1ccc(O)cc1)NC(=O)c1nn(-c2ccc(Cl)cc2Cl)c2c1CCCCC2Cc1ccc(F)cc1. The average molecular weight is 1160 g/mol. The zero-order chi connectivity index (χ0) is 57.9. The number of rotatable bonds is 16. The highest BCUT2D eigenvalue weighted by Gasteiger charge is 2.36. The van der Waals surface area contributed by atoms with Gasteiger partial charge in [0.15, 0.2) is 11.4 Å². The van der Waals surface area contributed by atoms with Crippen molar-refractivity contribution in [2.75, 3.05) is 14.2 Å². The molecular formula is C64H70Cl2F2N6O8. The summed E-state index contributed by atoms with van der Waals surface area (Å²) in [6.07, 6.45) is 18.9. The minimum Gasteiger partial charge on any atom is -0.512 e. The van der Waals surface area contributed by atoms with E-state index in [-0.39, 0.29) is 53.3 Å². The van der Waals surface area contributed by atoms with Crippen molar-refractivity contribution in [2.24, 2.45) is 0 Å². The molecule has 1 fully saturated rings. The first-order valence-corrected chi connectivity index (χ1v) is 29.2. The third kappa shape index (κ3) is 14.7. The number of benzene rings is 4. The second-order valence-corrected chi connectivity index (χ2v) is 22.7. The molecule has 4 aliphatic rings. The highest BCUT2D eigenvalue weighted by molar-refractivity contribution is 6.35. The smallest absolute Gasteiger partial charge is 0.328 e. The Labute approximate surface area is 486 Å². The number of nitrogens with zero attached hydrogens (tertiary/aromatic N) is 4. The predicted octanol–water partition coefficient (Wildman–Crippen LogP) is 13.0. The lowest BCUT2D eigenvalue weighted by Gasteiger charge is -2.27. The van der Waals surface area contributed by atoms with Gasteiger partial charge in [0.05, 0.1) is 42.4 Å². The molecule has 18 heteroatoms. The second-order valence-electron chi connectivity index (χ2n) is 21.9. The van der Waals surface area contributed by atoms with E-state index in [1.165, 1.54) is 51.0 Å². The summed E-state index contributed by atoms with van der Waals surface area (Å²) in [5.74, 6) is -1.99. The largest absolute Gasteiger partial charge is 0.512 e. The number of hydrogen-bond donors (Lipinski definition) is 4. The van der Waals surface area contributed by atoms with E-state index < -0.39 is 29.9 Å². The minimum atomic E-state index is -0.979. The molecule has 4 aromatic carbocycles. The molecule has 2 heterocycles. The molecule has 4 aliphatic carbocycles. The molecule has 2 aromatic heterocycles. The normalized spacial score (nSPS) is 17.9. The number of phenols is 1. The van der Waals surface area contributed by atoms with Gasteiger partial charge in [-0.1, -0.05) is 103 Å². The molecule has 2 amide bonds. The second kappa shape index (κ2) is 27.6. The number of nitrogens with one attached hydrogen (secondary N) is 2. The third-order valence-electron chi connectivity index (χ3n) is 16.2. The number of methoxy groups -OCH3 is 2. The summed E-state index contributed by atoms with van der Waals surface area (Å²) in [4.78, 5) is 53.1. The van der Waals surface area contributed by atoms with E-state index in [4.69, 9.17) is 42.9 Å². The van der Waals surface area contributed by atoms with Crippen LogP contribution in [0.3, 0.4) is 0 Å². The summed E-state index contributed by atoms with van der Waals surface area (Å²) in [7, 11) is 2.59. The van der Waals surface area contributed by atoms with Gasteiger partial charge in [-0.25, -0.2) is 23.1 Å². The van der Waals surface area contributed by atoms with Crippen molar-refractivity contribution >= 4 is 47.0 Å². The van der Waals surface area contributed by atoms with Gasteiger partial charge in [-0.05, 0) is 154 Å². The van der Waals surface area contributed by atoms with Crippen LogP contribution < -0.4 is 10.6 Å². The quantitative estimate of drug-likeness (QED) is 0.0537. The Hall–Kier alpha value is -7.30. The van der Waals surface area contributed by atoms with Gasteiger partial charge in [0.2, 0.25) is 0 Å². The molecule has 0 radical (unpaired) electrons. The van der Waals surface area contributed by atoms with Crippen LogP contribution in [0.4, 0.5) is 8.78 Å². The van der Waals surface area contributed by atoms with E-state index in [0.29, 0.717) is 65.7 Å². The van der Waals surface area contributed by atoms with E-state index in [9.17, 15) is 38.2 Å². The fourth-order valence-corrected chi connectivity index (χ4v) is 12.6. The fraction of sp³-hybridized carbons (Fsp3) is 0.406. The first-order valence-electron chi connectivity index (χ1n) is 28.5. The molecule has 2 unspecified atom stereocenters. The number of allylic oxidation sites excluding steroid dienone is 3. The van der Waals surface area contributed by atoms with Crippen molar-refractivity contribution in [1.82, 2.24) is 30.2 Å². The summed E-state index contributed by atoms with van der Waals surface area (Å²) in [6.45, 7) is 0. The standard InChI is InChI=1S/C32H30Cl2FN3O4.C32H40FN3O4/c1-42-32(41)27(17-20-8-13-24(39)14-9-20)36-31(40)29-25-5-3-2-4-21(16-19-6-11-23(35)12-7-19)30(25)38(37-29)28-15-10-22(33)18-26(28)34;1-40-32(39)28(20-21-14-16-26(37)17-15-21)34-31(38)29-27-13-6-5-9-23(18-22-8-7-10-24(33)19-22)30(27)36(35-29)25-11-3-2-4-12-25/h6-15,18,21,27,39H,2-5,16-17H2,1H3,(H,36,40);7-8,10,14,16,19,23,25,28,37H,2-6,9,11-13,15,17-18,20H2,1H3,(H,34,38)/t21?,27-;23?,28-/m11/s1. The van der Waals surface area contributed by atoms with E-state index in [1.54, 1.807) is 65.4 Å². The fourth-order valence-electron chi connectivity index (χ4n) is 12.1. The summed E-state index contributed by atoms with van der Waals surface area (Å²) >= 11 is 12.8. The predicted molar refractivity (Wildman–Crippen MR) is 310 cm³/mol. The van der Waals surface area contributed by atoms with Crippen molar-refractivity contribution in [3.8, 4) is 11.4 Å². The van der Waals surface area contributed by atoms with E-state index in [2.05, 4.69) is 15.3 Å². The van der Waals surface area contributed by atoms with E-state index >= 15 is 0 Å². The van der Waals surface area contributed by atoms with E-state index in [0.717, 1.165) is 115 Å². The molecule has 1 saturated carbocycles. The highest BCUT2D eigenvalue weighted by atomic mass is 35.5. The van der Waals surface area contributed by atoms with Gasteiger partial charge >= 0.3 is 11.9 Å².